The number of amides is 1. The zero-order valence-electron chi connectivity index (χ0n) is 15.5. The summed E-state index contributed by atoms with van der Waals surface area (Å²) in [5.41, 5.74) is 6.27. The van der Waals surface area contributed by atoms with Gasteiger partial charge in [-0.1, -0.05) is 26.0 Å². The Balaban J connectivity index is 1.86. The Bertz CT molecular complexity index is 778. The fraction of sp³-hybridized carbons (Fsp3) is 0.526. The Morgan fingerprint density at radius 1 is 1.23 bits per heavy atom. The van der Waals surface area contributed by atoms with Crippen molar-refractivity contribution in [3.63, 3.8) is 0 Å². The van der Waals surface area contributed by atoms with Crippen LogP contribution in [0.15, 0.2) is 24.3 Å². The Kier molecular flexibility index (Phi) is 5.36. The van der Waals surface area contributed by atoms with Crippen molar-refractivity contribution in [1.82, 2.24) is 19.7 Å². The van der Waals surface area contributed by atoms with E-state index in [1.807, 2.05) is 20.8 Å². The molecule has 2 aromatic rings. The lowest BCUT2D eigenvalue weighted by Crippen LogP contribution is -2.42. The number of halogens is 1. The van der Waals surface area contributed by atoms with Crippen LogP contribution in [-0.4, -0.2) is 44.7 Å². The molecule has 0 aliphatic carbocycles. The van der Waals surface area contributed by atoms with E-state index in [2.05, 4.69) is 10.1 Å². The van der Waals surface area contributed by atoms with Gasteiger partial charge >= 0.3 is 0 Å². The molecule has 6 nitrogen and oxygen atoms in total. The SMILES string of the molecule is CC(C)c1nc(C(=O)N2CCC(C(C)N)CC2)nn1-c1ccccc1F. The zero-order valence-corrected chi connectivity index (χ0v) is 15.5. The highest BCUT2D eigenvalue weighted by molar-refractivity contribution is 5.90. The summed E-state index contributed by atoms with van der Waals surface area (Å²) in [6, 6.07) is 6.52. The van der Waals surface area contributed by atoms with Gasteiger partial charge in [0.1, 0.15) is 17.3 Å². The number of carbonyl (C=O) groups is 1. The second-order valence-electron chi connectivity index (χ2n) is 7.30. The molecule has 1 fully saturated rings. The Hall–Kier alpha value is -2.28. The predicted octanol–water partition coefficient (Wildman–Crippen LogP) is 2.73. The van der Waals surface area contributed by atoms with Gasteiger partial charge < -0.3 is 10.6 Å². The van der Waals surface area contributed by atoms with E-state index < -0.39 is 5.82 Å². The number of para-hydroxylation sites is 1. The lowest BCUT2D eigenvalue weighted by Gasteiger charge is -2.33. The first kappa shape index (κ1) is 18.5. The van der Waals surface area contributed by atoms with E-state index in [0.717, 1.165) is 12.8 Å². The number of hydrogen-bond acceptors (Lipinski definition) is 4. The smallest absolute Gasteiger partial charge is 0.293 e. The van der Waals surface area contributed by atoms with Gasteiger partial charge in [-0.15, -0.1) is 5.10 Å². The van der Waals surface area contributed by atoms with Gasteiger partial charge in [0.15, 0.2) is 0 Å². The van der Waals surface area contributed by atoms with Gasteiger partial charge in [-0.05, 0) is 37.8 Å². The van der Waals surface area contributed by atoms with Gasteiger partial charge in [-0.25, -0.2) is 14.1 Å². The van der Waals surface area contributed by atoms with Crippen molar-refractivity contribution < 1.29 is 9.18 Å². The van der Waals surface area contributed by atoms with Gasteiger partial charge in [0.2, 0.25) is 5.82 Å². The molecule has 1 aliphatic heterocycles. The lowest BCUT2D eigenvalue weighted by atomic mass is 9.91. The number of likely N-dealkylation sites (tertiary alicyclic amines) is 1. The van der Waals surface area contributed by atoms with Crippen LogP contribution in [0.3, 0.4) is 0 Å². The average molecular weight is 359 g/mol. The van der Waals surface area contributed by atoms with Crippen molar-refractivity contribution in [3.8, 4) is 5.69 Å². The summed E-state index contributed by atoms with van der Waals surface area (Å²) in [5.74, 6) is 0.544. The summed E-state index contributed by atoms with van der Waals surface area (Å²) < 4.78 is 15.7. The molecular formula is C19H26FN5O. The van der Waals surface area contributed by atoms with Crippen molar-refractivity contribution in [1.29, 1.82) is 0 Å². The van der Waals surface area contributed by atoms with Crippen LogP contribution in [0.2, 0.25) is 0 Å². The van der Waals surface area contributed by atoms with Crippen molar-refractivity contribution in [2.24, 2.45) is 11.7 Å². The van der Waals surface area contributed by atoms with Crippen LogP contribution in [0, 0.1) is 11.7 Å². The minimum absolute atomic E-state index is 0.00693. The topological polar surface area (TPSA) is 77.0 Å². The van der Waals surface area contributed by atoms with Crippen LogP contribution >= 0.6 is 0 Å². The minimum atomic E-state index is -0.393. The molecule has 2 heterocycles. The van der Waals surface area contributed by atoms with Gasteiger partial charge in [0.05, 0.1) is 0 Å². The molecule has 1 amide bonds. The van der Waals surface area contributed by atoms with E-state index in [1.54, 1.807) is 23.1 Å². The molecule has 0 radical (unpaired) electrons. The van der Waals surface area contributed by atoms with Crippen LogP contribution in [0.25, 0.3) is 5.69 Å². The first-order chi connectivity index (χ1) is 12.4. The summed E-state index contributed by atoms with van der Waals surface area (Å²) in [6.45, 7) is 7.20. The van der Waals surface area contributed by atoms with E-state index in [9.17, 15) is 9.18 Å². The molecule has 3 rings (SSSR count). The van der Waals surface area contributed by atoms with Gasteiger partial charge in [0, 0.05) is 25.0 Å². The second kappa shape index (κ2) is 7.53. The summed E-state index contributed by atoms with van der Waals surface area (Å²) in [5, 5.41) is 4.34. The van der Waals surface area contributed by atoms with Gasteiger partial charge in [-0.2, -0.15) is 0 Å². The molecule has 26 heavy (non-hydrogen) atoms. The van der Waals surface area contributed by atoms with E-state index in [4.69, 9.17) is 5.73 Å². The third-order valence-electron chi connectivity index (χ3n) is 4.99. The number of carbonyl (C=O) groups excluding carboxylic acids is 1. The normalized spacial score (nSPS) is 16.9. The van der Waals surface area contributed by atoms with E-state index in [0.29, 0.717) is 30.5 Å². The number of nitrogens with zero attached hydrogens (tertiary/aromatic N) is 4. The molecule has 1 unspecified atom stereocenters. The molecule has 0 saturated carbocycles. The van der Waals surface area contributed by atoms with Crippen molar-refractivity contribution in [2.75, 3.05) is 13.1 Å². The third-order valence-corrected chi connectivity index (χ3v) is 4.99. The fourth-order valence-corrected chi connectivity index (χ4v) is 3.36. The maximum absolute atomic E-state index is 14.2. The maximum atomic E-state index is 14.2. The molecule has 1 aromatic heterocycles. The quantitative estimate of drug-likeness (QED) is 0.911. The number of piperidine rings is 1. The molecule has 1 aliphatic rings. The Labute approximate surface area is 153 Å². The first-order valence-electron chi connectivity index (χ1n) is 9.15. The van der Waals surface area contributed by atoms with Crippen LogP contribution in [-0.2, 0) is 0 Å². The molecule has 2 N–H and O–H groups in total. The van der Waals surface area contributed by atoms with Crippen LogP contribution in [0.5, 0.6) is 0 Å². The number of benzene rings is 1. The van der Waals surface area contributed by atoms with Crippen molar-refractivity contribution in [2.45, 2.75) is 45.6 Å². The van der Waals surface area contributed by atoms with E-state index >= 15 is 0 Å². The number of hydrogen-bond donors (Lipinski definition) is 1. The molecule has 1 atom stereocenters. The van der Waals surface area contributed by atoms with E-state index in [1.165, 1.54) is 10.7 Å². The summed E-state index contributed by atoms with van der Waals surface area (Å²) in [6.07, 6.45) is 1.77. The average Bonchev–Trinajstić information content (AvgIpc) is 3.07. The second-order valence-corrected chi connectivity index (χ2v) is 7.30. The monoisotopic (exact) mass is 359 g/mol. The Morgan fingerprint density at radius 2 is 1.88 bits per heavy atom. The summed E-state index contributed by atoms with van der Waals surface area (Å²) in [4.78, 5) is 19.0. The summed E-state index contributed by atoms with van der Waals surface area (Å²) >= 11 is 0. The largest absolute Gasteiger partial charge is 0.336 e. The first-order valence-corrected chi connectivity index (χ1v) is 9.15. The highest BCUT2D eigenvalue weighted by Crippen LogP contribution is 2.23. The molecule has 140 valence electrons. The Morgan fingerprint density at radius 3 is 2.46 bits per heavy atom. The third kappa shape index (κ3) is 3.62. The number of nitrogens with two attached hydrogens (primary N) is 1. The molecule has 1 saturated heterocycles. The molecule has 0 bridgehead atoms. The van der Waals surface area contributed by atoms with E-state index in [-0.39, 0.29) is 23.7 Å². The maximum Gasteiger partial charge on any atom is 0.293 e. The molecule has 1 aromatic carbocycles. The predicted molar refractivity (Wildman–Crippen MR) is 97.7 cm³/mol. The standard InChI is InChI=1S/C19H26FN5O/c1-12(2)18-22-17(23-25(18)16-7-5-4-6-15(16)20)19(26)24-10-8-14(9-11-24)13(3)21/h4-7,12-14H,8-11,21H2,1-3H3. The molecule has 0 spiro atoms. The number of rotatable bonds is 4. The van der Waals surface area contributed by atoms with Gasteiger partial charge in [-0.3, -0.25) is 4.79 Å². The highest BCUT2D eigenvalue weighted by atomic mass is 19.1. The summed E-state index contributed by atoms with van der Waals surface area (Å²) in [7, 11) is 0. The minimum Gasteiger partial charge on any atom is -0.336 e. The van der Waals surface area contributed by atoms with Crippen molar-refractivity contribution >= 4 is 5.91 Å². The molecule has 7 heteroatoms. The van der Waals surface area contributed by atoms with Crippen LogP contribution in [0.4, 0.5) is 4.39 Å². The fourth-order valence-electron chi connectivity index (χ4n) is 3.36. The van der Waals surface area contributed by atoms with Crippen molar-refractivity contribution in [3.05, 3.63) is 41.7 Å². The highest BCUT2D eigenvalue weighted by Gasteiger charge is 2.29. The molecular weight excluding hydrogens is 333 g/mol. The number of aromatic nitrogens is 3. The van der Waals surface area contributed by atoms with Gasteiger partial charge in [0.25, 0.3) is 5.91 Å². The lowest BCUT2D eigenvalue weighted by molar-refractivity contribution is 0.0668. The van der Waals surface area contributed by atoms with Crippen LogP contribution < -0.4 is 5.73 Å². The zero-order chi connectivity index (χ0) is 18.8. The van der Waals surface area contributed by atoms with Crippen LogP contribution in [0.1, 0.15) is 56.0 Å².